The van der Waals surface area contributed by atoms with Crippen LogP contribution in [0.1, 0.15) is 35.4 Å². The average molecular weight is 387 g/mol. The first-order valence-corrected chi connectivity index (χ1v) is 10.2. The van der Waals surface area contributed by atoms with Gasteiger partial charge in [0, 0.05) is 25.1 Å². The number of hydrogen-bond donors (Lipinski definition) is 0. The standard InChI is InChI=1S/C21H26N2O3S/c1-3-11-22(20(25)15-26-2)14-19(24)23-12-9-18-17(10-13-27-18)21(23)16-7-5-4-6-8-16/h4-8,10,13,21H,3,9,11-12,14-15H2,1-2H3/t21-/m0/s1. The summed E-state index contributed by atoms with van der Waals surface area (Å²) in [5.41, 5.74) is 2.31. The zero-order chi connectivity index (χ0) is 19.2. The number of rotatable bonds is 7. The highest BCUT2D eigenvalue weighted by atomic mass is 32.1. The second kappa shape index (κ2) is 9.15. The summed E-state index contributed by atoms with van der Waals surface area (Å²) in [5.74, 6) is -0.157. The molecule has 2 aromatic rings. The van der Waals surface area contributed by atoms with Crippen LogP contribution in [0, 0.1) is 0 Å². The molecule has 27 heavy (non-hydrogen) atoms. The third-order valence-corrected chi connectivity index (χ3v) is 5.84. The summed E-state index contributed by atoms with van der Waals surface area (Å²) < 4.78 is 4.97. The molecule has 1 aromatic carbocycles. The molecule has 2 heterocycles. The maximum Gasteiger partial charge on any atom is 0.249 e. The maximum atomic E-state index is 13.2. The highest BCUT2D eigenvalue weighted by Gasteiger charge is 2.33. The van der Waals surface area contributed by atoms with Crippen molar-refractivity contribution in [3.05, 3.63) is 57.8 Å². The van der Waals surface area contributed by atoms with Gasteiger partial charge < -0.3 is 14.5 Å². The van der Waals surface area contributed by atoms with Gasteiger partial charge in [-0.1, -0.05) is 37.3 Å². The molecule has 1 aliphatic rings. The first-order chi connectivity index (χ1) is 13.2. The summed E-state index contributed by atoms with van der Waals surface area (Å²) in [6.45, 7) is 3.33. The lowest BCUT2D eigenvalue weighted by atomic mass is 9.93. The van der Waals surface area contributed by atoms with Crippen LogP contribution in [0.5, 0.6) is 0 Å². The largest absolute Gasteiger partial charge is 0.375 e. The molecule has 5 nitrogen and oxygen atoms in total. The average Bonchev–Trinajstić information content (AvgIpc) is 3.16. The Hall–Kier alpha value is -2.18. The Morgan fingerprint density at radius 3 is 2.74 bits per heavy atom. The second-order valence-corrected chi connectivity index (χ2v) is 7.70. The first kappa shape index (κ1) is 19.6. The molecule has 0 unspecified atom stereocenters. The number of hydrogen-bond acceptors (Lipinski definition) is 4. The van der Waals surface area contributed by atoms with Crippen LogP contribution in [0.25, 0.3) is 0 Å². The van der Waals surface area contributed by atoms with E-state index in [-0.39, 0.29) is 31.0 Å². The van der Waals surface area contributed by atoms with Crippen molar-refractivity contribution >= 4 is 23.2 Å². The van der Waals surface area contributed by atoms with Gasteiger partial charge in [-0.15, -0.1) is 11.3 Å². The van der Waals surface area contributed by atoms with Crippen molar-refractivity contribution in [2.75, 3.05) is 33.4 Å². The van der Waals surface area contributed by atoms with E-state index in [2.05, 4.69) is 23.6 Å². The smallest absolute Gasteiger partial charge is 0.249 e. The van der Waals surface area contributed by atoms with Crippen LogP contribution in [-0.2, 0) is 20.7 Å². The van der Waals surface area contributed by atoms with Crippen molar-refractivity contribution in [2.24, 2.45) is 0 Å². The number of carbonyl (C=O) groups is 2. The molecule has 0 radical (unpaired) electrons. The predicted molar refractivity (Wildman–Crippen MR) is 107 cm³/mol. The van der Waals surface area contributed by atoms with E-state index in [1.54, 1.807) is 16.2 Å². The third kappa shape index (κ3) is 4.39. The van der Waals surface area contributed by atoms with Crippen LogP contribution in [0.4, 0.5) is 0 Å². The molecule has 0 saturated heterocycles. The molecule has 144 valence electrons. The fraction of sp³-hybridized carbons (Fsp3) is 0.429. The molecule has 0 aliphatic carbocycles. The van der Waals surface area contributed by atoms with Crippen molar-refractivity contribution in [3.8, 4) is 0 Å². The van der Waals surface area contributed by atoms with Gasteiger partial charge in [-0.05, 0) is 35.4 Å². The van der Waals surface area contributed by atoms with Crippen molar-refractivity contribution in [2.45, 2.75) is 25.8 Å². The number of carbonyl (C=O) groups excluding carboxylic acids is 2. The lowest BCUT2D eigenvalue weighted by Crippen LogP contribution is -2.47. The van der Waals surface area contributed by atoms with E-state index >= 15 is 0 Å². The fourth-order valence-electron chi connectivity index (χ4n) is 3.61. The molecule has 1 atom stereocenters. The SMILES string of the molecule is CCCN(CC(=O)N1CCc2sccc2[C@@H]1c1ccccc1)C(=O)COC. The summed E-state index contributed by atoms with van der Waals surface area (Å²) in [4.78, 5) is 30.4. The Morgan fingerprint density at radius 1 is 1.26 bits per heavy atom. The second-order valence-electron chi connectivity index (χ2n) is 6.70. The van der Waals surface area contributed by atoms with Crippen molar-refractivity contribution in [1.29, 1.82) is 0 Å². The van der Waals surface area contributed by atoms with Crippen molar-refractivity contribution in [3.63, 3.8) is 0 Å². The minimum atomic E-state index is -0.141. The van der Waals surface area contributed by atoms with Crippen molar-refractivity contribution in [1.82, 2.24) is 9.80 Å². The summed E-state index contributed by atoms with van der Waals surface area (Å²) >= 11 is 1.75. The molecule has 2 amide bonds. The van der Waals surface area contributed by atoms with E-state index in [0.717, 1.165) is 18.4 Å². The van der Waals surface area contributed by atoms with Gasteiger partial charge in [0.1, 0.15) is 6.61 Å². The molecule has 0 N–H and O–H groups in total. The minimum absolute atomic E-state index is 0.00404. The highest BCUT2D eigenvalue weighted by molar-refractivity contribution is 7.10. The quantitative estimate of drug-likeness (QED) is 0.735. The van der Waals surface area contributed by atoms with Gasteiger partial charge in [-0.25, -0.2) is 0 Å². The van der Waals surface area contributed by atoms with Crippen LogP contribution in [0.2, 0.25) is 0 Å². The number of nitrogens with zero attached hydrogens (tertiary/aromatic N) is 2. The topological polar surface area (TPSA) is 49.9 Å². The van der Waals surface area contributed by atoms with Crippen LogP contribution in [0.3, 0.4) is 0 Å². The first-order valence-electron chi connectivity index (χ1n) is 9.33. The molecule has 1 aromatic heterocycles. The number of methoxy groups -OCH3 is 1. The van der Waals surface area contributed by atoms with Gasteiger partial charge in [-0.2, -0.15) is 0 Å². The molecule has 0 saturated carbocycles. The Balaban J connectivity index is 1.85. The summed E-state index contributed by atoms with van der Waals surface area (Å²) in [7, 11) is 1.50. The lowest BCUT2D eigenvalue weighted by Gasteiger charge is -2.37. The van der Waals surface area contributed by atoms with Crippen LogP contribution in [0.15, 0.2) is 41.8 Å². The van der Waals surface area contributed by atoms with Gasteiger partial charge in [0.2, 0.25) is 11.8 Å². The number of amides is 2. The highest BCUT2D eigenvalue weighted by Crippen LogP contribution is 2.37. The maximum absolute atomic E-state index is 13.2. The Bertz CT molecular complexity index is 775. The Labute approximate surface area is 164 Å². The van der Waals surface area contributed by atoms with Crippen molar-refractivity contribution < 1.29 is 14.3 Å². The van der Waals surface area contributed by atoms with Gasteiger partial charge in [0.25, 0.3) is 0 Å². The van der Waals surface area contributed by atoms with Crippen LogP contribution >= 0.6 is 11.3 Å². The van der Waals surface area contributed by atoms with Crippen LogP contribution in [-0.4, -0.2) is 55.0 Å². The van der Waals surface area contributed by atoms with E-state index < -0.39 is 0 Å². The predicted octanol–water partition coefficient (Wildman–Crippen LogP) is 3.11. The molecule has 3 rings (SSSR count). The third-order valence-electron chi connectivity index (χ3n) is 4.84. The van der Waals surface area contributed by atoms with Gasteiger partial charge >= 0.3 is 0 Å². The number of thiophene rings is 1. The fourth-order valence-corrected chi connectivity index (χ4v) is 4.51. The molecule has 6 heteroatoms. The van der Waals surface area contributed by atoms with E-state index in [4.69, 9.17) is 4.74 Å². The number of benzene rings is 1. The summed E-state index contributed by atoms with van der Waals surface area (Å²) in [5, 5.41) is 2.10. The van der Waals surface area contributed by atoms with Gasteiger partial charge in [0.15, 0.2) is 0 Å². The molecule has 0 spiro atoms. The van der Waals surface area contributed by atoms with Gasteiger partial charge in [0.05, 0.1) is 12.6 Å². The van der Waals surface area contributed by atoms with E-state index in [1.807, 2.05) is 30.0 Å². The Kier molecular flexibility index (Phi) is 6.63. The van der Waals surface area contributed by atoms with Gasteiger partial charge in [-0.3, -0.25) is 9.59 Å². The molecule has 0 bridgehead atoms. The zero-order valence-corrected chi connectivity index (χ0v) is 16.7. The lowest BCUT2D eigenvalue weighted by molar-refractivity contribution is -0.143. The number of fused-ring (bicyclic) bond motifs is 1. The molecular formula is C21H26N2O3S. The van der Waals surface area contributed by atoms with E-state index in [0.29, 0.717) is 13.1 Å². The molecule has 1 aliphatic heterocycles. The Morgan fingerprint density at radius 2 is 2.04 bits per heavy atom. The number of ether oxygens (including phenoxy) is 1. The van der Waals surface area contributed by atoms with Crippen LogP contribution < -0.4 is 0 Å². The van der Waals surface area contributed by atoms with E-state index in [1.165, 1.54) is 17.6 Å². The monoisotopic (exact) mass is 386 g/mol. The zero-order valence-electron chi connectivity index (χ0n) is 15.9. The minimum Gasteiger partial charge on any atom is -0.375 e. The molecular weight excluding hydrogens is 360 g/mol. The summed E-state index contributed by atoms with van der Waals surface area (Å²) in [6.07, 6.45) is 1.67. The molecule has 0 fully saturated rings. The summed E-state index contributed by atoms with van der Waals surface area (Å²) in [6, 6.07) is 12.2. The normalized spacial score (nSPS) is 16.1. The van der Waals surface area contributed by atoms with E-state index in [9.17, 15) is 9.59 Å².